The van der Waals surface area contributed by atoms with E-state index in [1.54, 1.807) is 32.2 Å². The second kappa shape index (κ2) is 5.41. The molecule has 2 rings (SSSR count). The summed E-state index contributed by atoms with van der Waals surface area (Å²) in [6, 6.07) is 4.97. The maximum Gasteiger partial charge on any atom is 0.275 e. The monoisotopic (exact) mass is 317 g/mol. The molecule has 0 unspecified atom stereocenters. The molecular formula is C12H10Cl3N3O. The minimum absolute atomic E-state index is 0.259. The average molecular weight is 319 g/mol. The van der Waals surface area contributed by atoms with Gasteiger partial charge in [0.15, 0.2) is 0 Å². The summed E-state index contributed by atoms with van der Waals surface area (Å²) >= 11 is 18.0. The molecule has 100 valence electrons. The van der Waals surface area contributed by atoms with Crippen LogP contribution < -0.4 is 5.32 Å². The molecule has 0 radical (unpaired) electrons. The second-order valence-electron chi connectivity index (χ2n) is 3.92. The van der Waals surface area contributed by atoms with Crippen molar-refractivity contribution in [1.82, 2.24) is 9.78 Å². The van der Waals surface area contributed by atoms with Gasteiger partial charge in [0.25, 0.3) is 5.91 Å². The topological polar surface area (TPSA) is 46.9 Å². The highest BCUT2D eigenvalue weighted by Crippen LogP contribution is 2.31. The first kappa shape index (κ1) is 14.2. The van der Waals surface area contributed by atoms with Gasteiger partial charge in [0, 0.05) is 7.05 Å². The lowest BCUT2D eigenvalue weighted by Crippen LogP contribution is -2.17. The average Bonchev–Trinajstić information content (AvgIpc) is 2.58. The second-order valence-corrected chi connectivity index (χ2v) is 5.11. The minimum atomic E-state index is -0.414. The Balaban J connectivity index is 2.36. The van der Waals surface area contributed by atoms with E-state index in [2.05, 4.69) is 10.4 Å². The molecule has 0 bridgehead atoms. The van der Waals surface area contributed by atoms with Crippen LogP contribution in [0.2, 0.25) is 15.1 Å². The first-order valence-electron chi connectivity index (χ1n) is 5.36. The number of carbonyl (C=O) groups is 1. The fourth-order valence-corrected chi connectivity index (χ4v) is 2.41. The van der Waals surface area contributed by atoms with Crippen molar-refractivity contribution in [3.05, 3.63) is 44.7 Å². The highest BCUT2D eigenvalue weighted by atomic mass is 35.5. The number of rotatable bonds is 2. The predicted molar refractivity (Wildman–Crippen MR) is 77.4 cm³/mol. The number of nitrogens with one attached hydrogen (secondary N) is 1. The first-order chi connectivity index (χ1) is 8.91. The molecule has 0 aliphatic carbocycles. The third kappa shape index (κ3) is 2.71. The number of hydrogen-bond donors (Lipinski definition) is 1. The molecule has 0 spiro atoms. The molecule has 7 heteroatoms. The molecule has 1 aromatic heterocycles. The third-order valence-corrected chi connectivity index (χ3v) is 3.65. The summed E-state index contributed by atoms with van der Waals surface area (Å²) in [7, 11) is 1.64. The zero-order valence-electron chi connectivity index (χ0n) is 10.2. The smallest absolute Gasteiger partial charge is 0.275 e. The van der Waals surface area contributed by atoms with Crippen molar-refractivity contribution >= 4 is 46.4 Å². The summed E-state index contributed by atoms with van der Waals surface area (Å²) < 4.78 is 1.41. The van der Waals surface area contributed by atoms with Crippen LogP contribution in [0.25, 0.3) is 0 Å². The maximum atomic E-state index is 12.2. The van der Waals surface area contributed by atoms with Gasteiger partial charge in [-0.15, -0.1) is 0 Å². The lowest BCUT2D eigenvalue weighted by Gasteiger charge is -2.09. The van der Waals surface area contributed by atoms with Crippen LogP contribution in [0.3, 0.4) is 0 Å². The quantitative estimate of drug-likeness (QED) is 0.911. The summed E-state index contributed by atoms with van der Waals surface area (Å²) in [6.45, 7) is 1.72. The Labute approximate surface area is 125 Å². The van der Waals surface area contributed by atoms with Crippen LogP contribution in [-0.4, -0.2) is 15.7 Å². The van der Waals surface area contributed by atoms with Crippen molar-refractivity contribution < 1.29 is 4.79 Å². The minimum Gasteiger partial charge on any atom is -0.318 e. The number of aromatic nitrogens is 2. The van der Waals surface area contributed by atoms with Gasteiger partial charge in [0.1, 0.15) is 5.69 Å². The highest BCUT2D eigenvalue weighted by Gasteiger charge is 2.20. The van der Waals surface area contributed by atoms with Crippen molar-refractivity contribution in [2.24, 2.45) is 7.05 Å². The first-order valence-corrected chi connectivity index (χ1v) is 6.49. The summed E-state index contributed by atoms with van der Waals surface area (Å²) in [6.07, 6.45) is 0. The Morgan fingerprint density at radius 2 is 1.84 bits per heavy atom. The molecule has 0 aliphatic heterocycles. The van der Waals surface area contributed by atoms with Crippen LogP contribution in [0.1, 0.15) is 16.2 Å². The van der Waals surface area contributed by atoms with Crippen molar-refractivity contribution in [3.8, 4) is 0 Å². The largest absolute Gasteiger partial charge is 0.318 e. The van der Waals surface area contributed by atoms with Crippen molar-refractivity contribution in [1.29, 1.82) is 0 Å². The third-order valence-electron chi connectivity index (χ3n) is 2.57. The Hall–Kier alpha value is -1.23. The zero-order valence-corrected chi connectivity index (χ0v) is 12.4. The zero-order chi connectivity index (χ0) is 14.2. The number of amides is 1. The van der Waals surface area contributed by atoms with Crippen molar-refractivity contribution in [2.75, 3.05) is 5.32 Å². The van der Waals surface area contributed by atoms with Crippen LogP contribution in [0, 0.1) is 6.92 Å². The molecule has 1 N–H and O–H groups in total. The van der Waals surface area contributed by atoms with Gasteiger partial charge in [-0.25, -0.2) is 0 Å². The fourth-order valence-electron chi connectivity index (χ4n) is 1.67. The number of hydrogen-bond acceptors (Lipinski definition) is 2. The SMILES string of the molecule is Cc1nn(C)c(C(=O)Nc2c(Cl)cccc2Cl)c1Cl. The van der Waals surface area contributed by atoms with Crippen LogP contribution in [0.4, 0.5) is 5.69 Å². The van der Waals surface area contributed by atoms with E-state index >= 15 is 0 Å². The summed E-state index contributed by atoms with van der Waals surface area (Å²) in [5, 5.41) is 7.74. The highest BCUT2D eigenvalue weighted by molar-refractivity contribution is 6.40. The molecular weight excluding hydrogens is 309 g/mol. The molecule has 1 amide bonds. The molecule has 1 heterocycles. The van der Waals surface area contributed by atoms with Crippen LogP contribution in [0.15, 0.2) is 18.2 Å². The van der Waals surface area contributed by atoms with E-state index in [4.69, 9.17) is 34.8 Å². The van der Waals surface area contributed by atoms with E-state index in [1.807, 2.05) is 0 Å². The number of nitrogens with zero attached hydrogens (tertiary/aromatic N) is 2. The maximum absolute atomic E-state index is 12.2. The lowest BCUT2D eigenvalue weighted by molar-refractivity contribution is 0.101. The van der Waals surface area contributed by atoms with Gasteiger partial charge >= 0.3 is 0 Å². The number of halogens is 3. The van der Waals surface area contributed by atoms with E-state index in [0.29, 0.717) is 26.4 Å². The molecule has 0 saturated heterocycles. The van der Waals surface area contributed by atoms with E-state index in [1.165, 1.54) is 4.68 Å². The van der Waals surface area contributed by atoms with E-state index in [-0.39, 0.29) is 5.69 Å². The van der Waals surface area contributed by atoms with E-state index in [9.17, 15) is 4.79 Å². The number of aryl methyl sites for hydroxylation is 2. The molecule has 4 nitrogen and oxygen atoms in total. The molecule has 2 aromatic rings. The van der Waals surface area contributed by atoms with Gasteiger partial charge in [-0.1, -0.05) is 40.9 Å². The molecule has 1 aromatic carbocycles. The number of carbonyl (C=O) groups excluding carboxylic acids is 1. The summed E-state index contributed by atoms with van der Waals surface area (Å²) in [5.41, 5.74) is 1.19. The Kier molecular flexibility index (Phi) is 4.04. The lowest BCUT2D eigenvalue weighted by atomic mass is 10.3. The van der Waals surface area contributed by atoms with Crippen LogP contribution >= 0.6 is 34.8 Å². The van der Waals surface area contributed by atoms with Crippen LogP contribution in [0.5, 0.6) is 0 Å². The molecule has 0 fully saturated rings. The van der Waals surface area contributed by atoms with Gasteiger partial charge < -0.3 is 5.32 Å². The van der Waals surface area contributed by atoms with E-state index in [0.717, 1.165) is 0 Å². The van der Waals surface area contributed by atoms with Gasteiger partial charge in [-0.3, -0.25) is 9.48 Å². The van der Waals surface area contributed by atoms with Gasteiger partial charge in [-0.05, 0) is 19.1 Å². The Morgan fingerprint density at radius 3 is 2.32 bits per heavy atom. The van der Waals surface area contributed by atoms with Gasteiger partial charge in [-0.2, -0.15) is 5.10 Å². The summed E-state index contributed by atoms with van der Waals surface area (Å²) in [4.78, 5) is 12.2. The van der Waals surface area contributed by atoms with Gasteiger partial charge in [0.2, 0.25) is 0 Å². The normalized spacial score (nSPS) is 10.6. The molecule has 0 saturated carbocycles. The van der Waals surface area contributed by atoms with Gasteiger partial charge in [0.05, 0.1) is 26.4 Å². The Morgan fingerprint density at radius 1 is 1.26 bits per heavy atom. The fraction of sp³-hybridized carbons (Fsp3) is 0.167. The number of para-hydroxylation sites is 1. The van der Waals surface area contributed by atoms with E-state index < -0.39 is 5.91 Å². The number of anilines is 1. The standard InChI is InChI=1S/C12H10Cl3N3O/c1-6-9(15)11(18(2)17-6)12(19)16-10-7(13)4-3-5-8(10)14/h3-5H,1-2H3,(H,16,19). The molecule has 0 atom stereocenters. The summed E-state index contributed by atoms with van der Waals surface area (Å²) in [5.74, 6) is -0.414. The molecule has 19 heavy (non-hydrogen) atoms. The van der Waals surface area contributed by atoms with Crippen molar-refractivity contribution in [2.45, 2.75) is 6.92 Å². The molecule has 0 aliphatic rings. The number of benzene rings is 1. The predicted octanol–water partition coefficient (Wildman–Crippen LogP) is 3.94. The van der Waals surface area contributed by atoms with Crippen molar-refractivity contribution in [3.63, 3.8) is 0 Å². The Bertz CT molecular complexity index is 632. The van der Waals surface area contributed by atoms with Crippen LogP contribution in [-0.2, 0) is 7.05 Å².